The number of aliphatic hydroxyl groups is 1. The highest BCUT2D eigenvalue weighted by Gasteiger charge is 2.38. The van der Waals surface area contributed by atoms with Gasteiger partial charge in [0.25, 0.3) is 0 Å². The minimum Gasteiger partial charge on any atom is -0.495 e. The van der Waals surface area contributed by atoms with Crippen molar-refractivity contribution in [2.45, 2.75) is 17.2 Å². The molecule has 1 aromatic rings. The van der Waals surface area contributed by atoms with E-state index < -0.39 is 28.8 Å². The van der Waals surface area contributed by atoms with Crippen molar-refractivity contribution in [3.63, 3.8) is 0 Å². The molecule has 0 heterocycles. The molecule has 2 N–H and O–H groups in total. The maximum absolute atomic E-state index is 12.1. The fraction of sp³-hybridized carbons (Fsp3) is 0.400. The number of rotatable bonds is 5. The first kappa shape index (κ1) is 17.2. The smallest absolute Gasteiger partial charge is 0.415 e. The second-order valence-corrected chi connectivity index (χ2v) is 6.36. The fourth-order valence-corrected chi connectivity index (χ4v) is 2.99. The predicted octanol–water partition coefficient (Wildman–Crippen LogP) is 1.66. The Bertz CT molecular complexity index is 576. The lowest BCUT2D eigenvalue weighted by atomic mass is 10.3. The molecule has 1 unspecified atom stereocenters. The zero-order chi connectivity index (χ0) is 15.6. The van der Waals surface area contributed by atoms with E-state index in [9.17, 15) is 21.6 Å². The van der Waals surface area contributed by atoms with Gasteiger partial charge >= 0.3 is 6.18 Å². The molecule has 114 valence electrons. The van der Waals surface area contributed by atoms with Crippen LogP contribution in [0.15, 0.2) is 27.6 Å². The van der Waals surface area contributed by atoms with Crippen molar-refractivity contribution in [1.82, 2.24) is 4.72 Å². The molecule has 1 aromatic carbocycles. The number of hydrogen-bond acceptors (Lipinski definition) is 4. The molecule has 0 bridgehead atoms. The SMILES string of the molecule is COc1ccc(Br)cc1S(=O)(=O)NCC(O)C(F)(F)F. The number of halogens is 4. The van der Waals surface area contributed by atoms with Gasteiger partial charge in [-0.05, 0) is 18.2 Å². The normalized spacial score (nSPS) is 14.1. The maximum Gasteiger partial charge on any atom is 0.415 e. The summed E-state index contributed by atoms with van der Waals surface area (Å²) in [6, 6.07) is 4.04. The summed E-state index contributed by atoms with van der Waals surface area (Å²) in [5, 5.41) is 8.78. The van der Waals surface area contributed by atoms with Gasteiger partial charge in [0.05, 0.1) is 7.11 Å². The van der Waals surface area contributed by atoms with E-state index in [4.69, 9.17) is 9.84 Å². The van der Waals surface area contributed by atoms with E-state index in [1.807, 2.05) is 0 Å². The molecule has 0 aliphatic rings. The molecule has 20 heavy (non-hydrogen) atoms. The van der Waals surface area contributed by atoms with E-state index >= 15 is 0 Å². The molecule has 10 heteroatoms. The van der Waals surface area contributed by atoms with Crippen molar-refractivity contribution >= 4 is 26.0 Å². The molecule has 0 fully saturated rings. The van der Waals surface area contributed by atoms with Gasteiger partial charge in [-0.15, -0.1) is 0 Å². The van der Waals surface area contributed by atoms with E-state index in [1.54, 1.807) is 4.72 Å². The van der Waals surface area contributed by atoms with Gasteiger partial charge in [0.15, 0.2) is 6.10 Å². The summed E-state index contributed by atoms with van der Waals surface area (Å²) in [6.07, 6.45) is -7.68. The summed E-state index contributed by atoms with van der Waals surface area (Å²) >= 11 is 3.05. The van der Waals surface area contributed by atoms with Crippen LogP contribution in [0.4, 0.5) is 13.2 Å². The van der Waals surface area contributed by atoms with Gasteiger partial charge in [-0.3, -0.25) is 0 Å². The highest BCUT2D eigenvalue weighted by Crippen LogP contribution is 2.27. The second-order valence-electron chi connectivity index (χ2n) is 3.70. The average Bonchev–Trinajstić information content (AvgIpc) is 2.34. The quantitative estimate of drug-likeness (QED) is 0.818. The van der Waals surface area contributed by atoms with Gasteiger partial charge in [0.1, 0.15) is 10.6 Å². The summed E-state index contributed by atoms with van der Waals surface area (Å²) < 4.78 is 67.1. The molecule has 0 radical (unpaired) electrons. The van der Waals surface area contributed by atoms with E-state index in [1.165, 1.54) is 25.3 Å². The second kappa shape index (κ2) is 6.29. The summed E-state index contributed by atoms with van der Waals surface area (Å²) in [5.41, 5.74) is 0. The largest absolute Gasteiger partial charge is 0.495 e. The van der Waals surface area contributed by atoms with Crippen molar-refractivity contribution in [2.75, 3.05) is 13.7 Å². The Kier molecular flexibility index (Phi) is 5.41. The molecule has 1 atom stereocenters. The lowest BCUT2D eigenvalue weighted by molar-refractivity contribution is -0.200. The third-order valence-electron chi connectivity index (χ3n) is 2.26. The minimum atomic E-state index is -4.90. The molecule has 0 amide bonds. The lowest BCUT2D eigenvalue weighted by Crippen LogP contribution is -2.40. The van der Waals surface area contributed by atoms with Crippen LogP contribution in [0.2, 0.25) is 0 Å². The van der Waals surface area contributed by atoms with Crippen LogP contribution < -0.4 is 9.46 Å². The number of aliphatic hydroxyl groups excluding tert-OH is 1. The highest BCUT2D eigenvalue weighted by atomic mass is 79.9. The number of methoxy groups -OCH3 is 1. The number of hydrogen-bond donors (Lipinski definition) is 2. The molecule has 0 saturated carbocycles. The molecular formula is C10H11BrF3NO4S. The fourth-order valence-electron chi connectivity index (χ4n) is 1.24. The number of nitrogens with one attached hydrogen (secondary N) is 1. The van der Waals surface area contributed by atoms with E-state index in [0.717, 1.165) is 0 Å². The Morgan fingerprint density at radius 3 is 2.55 bits per heavy atom. The molecular weight excluding hydrogens is 367 g/mol. The Morgan fingerprint density at radius 1 is 1.45 bits per heavy atom. The third kappa shape index (κ3) is 4.33. The summed E-state index contributed by atoms with van der Waals surface area (Å²) in [4.78, 5) is -0.330. The zero-order valence-corrected chi connectivity index (χ0v) is 12.5. The third-order valence-corrected chi connectivity index (χ3v) is 4.20. The lowest BCUT2D eigenvalue weighted by Gasteiger charge is -2.16. The van der Waals surface area contributed by atoms with Gasteiger partial charge in [-0.2, -0.15) is 13.2 Å². The molecule has 0 spiro atoms. The maximum atomic E-state index is 12.1. The Balaban J connectivity index is 2.98. The molecule has 5 nitrogen and oxygen atoms in total. The zero-order valence-electron chi connectivity index (χ0n) is 10.1. The van der Waals surface area contributed by atoms with Crippen molar-refractivity contribution in [3.8, 4) is 5.75 Å². The number of sulfonamides is 1. The van der Waals surface area contributed by atoms with Crippen LogP contribution in [-0.2, 0) is 10.0 Å². The van der Waals surface area contributed by atoms with Gasteiger partial charge in [0, 0.05) is 11.0 Å². The molecule has 1 rings (SSSR count). The van der Waals surface area contributed by atoms with E-state index in [2.05, 4.69) is 15.9 Å². The molecule has 0 saturated heterocycles. The van der Waals surface area contributed by atoms with Crippen LogP contribution in [0.5, 0.6) is 5.75 Å². The Morgan fingerprint density at radius 2 is 2.05 bits per heavy atom. The topological polar surface area (TPSA) is 75.6 Å². The van der Waals surface area contributed by atoms with Gasteiger partial charge in [-0.1, -0.05) is 15.9 Å². The first-order chi connectivity index (χ1) is 9.08. The molecule has 0 aliphatic carbocycles. The minimum absolute atomic E-state index is 0.0257. The van der Waals surface area contributed by atoms with E-state index in [-0.39, 0.29) is 10.6 Å². The predicted molar refractivity (Wildman–Crippen MR) is 67.9 cm³/mol. The molecule has 0 aliphatic heterocycles. The van der Waals surface area contributed by atoms with Gasteiger partial charge in [0.2, 0.25) is 10.0 Å². The molecule has 0 aromatic heterocycles. The van der Waals surface area contributed by atoms with Crippen molar-refractivity contribution in [2.24, 2.45) is 0 Å². The van der Waals surface area contributed by atoms with Crippen LogP contribution in [0.3, 0.4) is 0 Å². The number of ether oxygens (including phenoxy) is 1. The summed E-state index contributed by atoms with van der Waals surface area (Å²) in [6.45, 7) is -1.18. The van der Waals surface area contributed by atoms with Crippen LogP contribution in [0.1, 0.15) is 0 Å². The van der Waals surface area contributed by atoms with E-state index in [0.29, 0.717) is 4.47 Å². The monoisotopic (exact) mass is 377 g/mol. The first-order valence-corrected chi connectivity index (χ1v) is 7.43. The van der Waals surface area contributed by atoms with Crippen molar-refractivity contribution < 1.29 is 31.4 Å². The summed E-state index contributed by atoms with van der Waals surface area (Å²) in [7, 11) is -3.02. The highest BCUT2D eigenvalue weighted by molar-refractivity contribution is 9.10. The first-order valence-electron chi connectivity index (χ1n) is 5.16. The number of alkyl halides is 3. The average molecular weight is 378 g/mol. The van der Waals surface area contributed by atoms with Crippen molar-refractivity contribution in [1.29, 1.82) is 0 Å². The Labute approximate surface area is 121 Å². The van der Waals surface area contributed by atoms with Crippen LogP contribution >= 0.6 is 15.9 Å². The van der Waals surface area contributed by atoms with Gasteiger partial charge in [-0.25, -0.2) is 13.1 Å². The number of benzene rings is 1. The van der Waals surface area contributed by atoms with Crippen LogP contribution in [0, 0.1) is 0 Å². The van der Waals surface area contributed by atoms with Gasteiger partial charge < -0.3 is 9.84 Å². The Hall–Kier alpha value is -0.840. The summed E-state index contributed by atoms with van der Waals surface area (Å²) in [5.74, 6) is -0.0257. The van der Waals surface area contributed by atoms with Crippen LogP contribution in [0.25, 0.3) is 0 Å². The standard InChI is InChI=1S/C10H11BrF3NO4S/c1-19-7-3-2-6(11)4-8(7)20(17,18)15-5-9(16)10(12,13)14/h2-4,9,15-16H,5H2,1H3. The van der Waals surface area contributed by atoms with Crippen molar-refractivity contribution in [3.05, 3.63) is 22.7 Å². The van der Waals surface area contributed by atoms with Crippen LogP contribution in [-0.4, -0.2) is 39.5 Å².